The Morgan fingerprint density at radius 1 is 1.18 bits per heavy atom. The summed E-state index contributed by atoms with van der Waals surface area (Å²) in [5, 5.41) is 0.623. The Labute approximate surface area is 119 Å². The molecule has 0 radical (unpaired) electrons. The van der Waals surface area contributed by atoms with Gasteiger partial charge in [0.05, 0.1) is 5.38 Å². The topological polar surface area (TPSA) is 12.9 Å². The maximum atomic E-state index is 6.40. The average Bonchev–Trinajstić information content (AvgIpc) is 2.30. The molecule has 1 aromatic heterocycles. The second-order valence-corrected chi connectivity index (χ2v) is 5.51. The summed E-state index contributed by atoms with van der Waals surface area (Å²) in [4.78, 5) is 3.98. The summed E-state index contributed by atoms with van der Waals surface area (Å²) < 4.78 is 0.944. The third-order valence-electron chi connectivity index (χ3n) is 2.46. The summed E-state index contributed by atoms with van der Waals surface area (Å²) in [7, 11) is 0. The molecule has 0 aliphatic rings. The lowest BCUT2D eigenvalue weighted by atomic mass is 10.1. The zero-order chi connectivity index (χ0) is 12.3. The Morgan fingerprint density at radius 3 is 2.53 bits per heavy atom. The standard InChI is InChI=1S/C13H10BrCl2N/c14-12-8-10(15)1-2-11(12)13(16)7-9-3-5-17-6-4-9/h1-6,8,13H,7H2. The molecule has 0 amide bonds. The lowest BCUT2D eigenvalue weighted by Crippen LogP contribution is -1.97. The van der Waals surface area contributed by atoms with Crippen LogP contribution in [0.4, 0.5) is 0 Å². The Morgan fingerprint density at radius 2 is 1.88 bits per heavy atom. The molecule has 4 heteroatoms. The quantitative estimate of drug-likeness (QED) is 0.720. The van der Waals surface area contributed by atoms with Gasteiger partial charge in [0.2, 0.25) is 0 Å². The van der Waals surface area contributed by atoms with Crippen LogP contribution < -0.4 is 0 Å². The monoisotopic (exact) mass is 329 g/mol. The second kappa shape index (κ2) is 5.85. The van der Waals surface area contributed by atoms with E-state index in [2.05, 4.69) is 20.9 Å². The van der Waals surface area contributed by atoms with Gasteiger partial charge in [0.1, 0.15) is 0 Å². The molecule has 88 valence electrons. The van der Waals surface area contributed by atoms with Crippen molar-refractivity contribution >= 4 is 39.1 Å². The van der Waals surface area contributed by atoms with Gasteiger partial charge in [0.25, 0.3) is 0 Å². The number of alkyl halides is 1. The fourth-order valence-corrected chi connectivity index (χ4v) is 3.05. The van der Waals surface area contributed by atoms with Gasteiger partial charge >= 0.3 is 0 Å². The molecule has 1 heterocycles. The molecule has 0 saturated heterocycles. The fraction of sp³-hybridized carbons (Fsp3) is 0.154. The number of hydrogen-bond acceptors (Lipinski definition) is 1. The second-order valence-electron chi connectivity index (χ2n) is 3.69. The van der Waals surface area contributed by atoms with Gasteiger partial charge in [-0.2, -0.15) is 0 Å². The summed E-state index contributed by atoms with van der Waals surface area (Å²) in [5.41, 5.74) is 2.22. The molecule has 0 fully saturated rings. The number of aromatic nitrogens is 1. The van der Waals surface area contributed by atoms with Crippen molar-refractivity contribution in [2.75, 3.05) is 0 Å². The Hall–Kier alpha value is -0.570. The highest BCUT2D eigenvalue weighted by Gasteiger charge is 2.12. The maximum absolute atomic E-state index is 6.40. The molecular formula is C13H10BrCl2N. The van der Waals surface area contributed by atoms with Crippen LogP contribution in [0, 0.1) is 0 Å². The van der Waals surface area contributed by atoms with Gasteiger partial charge in [-0.25, -0.2) is 0 Å². The number of rotatable bonds is 3. The fourth-order valence-electron chi connectivity index (χ4n) is 1.59. The van der Waals surface area contributed by atoms with E-state index < -0.39 is 0 Å². The molecule has 0 N–H and O–H groups in total. The molecule has 1 nitrogen and oxygen atoms in total. The zero-order valence-corrected chi connectivity index (χ0v) is 12.0. The molecule has 0 spiro atoms. The van der Waals surface area contributed by atoms with Crippen molar-refractivity contribution < 1.29 is 0 Å². The van der Waals surface area contributed by atoms with Crippen molar-refractivity contribution in [1.82, 2.24) is 4.98 Å². The van der Waals surface area contributed by atoms with Gasteiger partial charge in [-0.15, -0.1) is 11.6 Å². The summed E-state index contributed by atoms with van der Waals surface area (Å²) >= 11 is 15.8. The highest BCUT2D eigenvalue weighted by Crippen LogP contribution is 2.32. The third kappa shape index (κ3) is 3.44. The number of pyridine rings is 1. The Bertz CT molecular complexity index is 502. The summed E-state index contributed by atoms with van der Waals surface area (Å²) in [5.74, 6) is 0. The van der Waals surface area contributed by atoms with E-state index in [0.29, 0.717) is 5.02 Å². The van der Waals surface area contributed by atoms with E-state index in [4.69, 9.17) is 23.2 Å². The van der Waals surface area contributed by atoms with Crippen molar-refractivity contribution in [3.8, 4) is 0 Å². The third-order valence-corrected chi connectivity index (χ3v) is 3.78. The normalized spacial score (nSPS) is 12.4. The van der Waals surface area contributed by atoms with Gasteiger partial charge in [-0.05, 0) is 41.8 Å². The number of nitrogens with zero attached hydrogens (tertiary/aromatic N) is 1. The molecule has 0 saturated carbocycles. The molecular weight excluding hydrogens is 321 g/mol. The SMILES string of the molecule is Clc1ccc(C(Cl)Cc2ccncc2)c(Br)c1. The lowest BCUT2D eigenvalue weighted by molar-refractivity contribution is 0.911. The van der Waals surface area contributed by atoms with Crippen LogP contribution in [0.3, 0.4) is 0 Å². The lowest BCUT2D eigenvalue weighted by Gasteiger charge is -2.12. The molecule has 1 aromatic carbocycles. The summed E-state index contributed by atoms with van der Waals surface area (Å²) in [6, 6.07) is 9.60. The molecule has 2 aromatic rings. The van der Waals surface area contributed by atoms with E-state index in [1.165, 1.54) is 5.56 Å². The van der Waals surface area contributed by atoms with E-state index in [9.17, 15) is 0 Å². The highest BCUT2D eigenvalue weighted by molar-refractivity contribution is 9.10. The van der Waals surface area contributed by atoms with E-state index in [-0.39, 0.29) is 5.38 Å². The molecule has 0 aliphatic heterocycles. The number of halogens is 3. The van der Waals surface area contributed by atoms with Gasteiger partial charge in [-0.1, -0.05) is 33.6 Å². The van der Waals surface area contributed by atoms with Crippen molar-refractivity contribution in [3.05, 3.63) is 63.3 Å². The van der Waals surface area contributed by atoms with Gasteiger partial charge in [-0.3, -0.25) is 4.98 Å². The van der Waals surface area contributed by atoms with Crippen LogP contribution in [0.5, 0.6) is 0 Å². The first kappa shape index (κ1) is 12.9. The van der Waals surface area contributed by atoms with Gasteiger partial charge < -0.3 is 0 Å². The Kier molecular flexibility index (Phi) is 4.43. The van der Waals surface area contributed by atoms with Gasteiger partial charge in [0.15, 0.2) is 0 Å². The van der Waals surface area contributed by atoms with Crippen LogP contribution in [0.2, 0.25) is 5.02 Å². The molecule has 0 aliphatic carbocycles. The minimum absolute atomic E-state index is 0.0796. The molecule has 2 rings (SSSR count). The largest absolute Gasteiger partial charge is 0.265 e. The van der Waals surface area contributed by atoms with Crippen LogP contribution in [0.15, 0.2) is 47.2 Å². The van der Waals surface area contributed by atoms with Crippen LogP contribution in [-0.2, 0) is 6.42 Å². The molecule has 1 atom stereocenters. The van der Waals surface area contributed by atoms with Crippen LogP contribution >= 0.6 is 39.1 Å². The van der Waals surface area contributed by atoms with Crippen molar-refractivity contribution in [1.29, 1.82) is 0 Å². The van der Waals surface area contributed by atoms with Crippen molar-refractivity contribution in [2.24, 2.45) is 0 Å². The minimum Gasteiger partial charge on any atom is -0.265 e. The van der Waals surface area contributed by atoms with Crippen LogP contribution in [0.1, 0.15) is 16.5 Å². The van der Waals surface area contributed by atoms with E-state index in [1.807, 2.05) is 30.3 Å². The first-order valence-electron chi connectivity index (χ1n) is 5.15. The molecule has 0 bridgehead atoms. The van der Waals surface area contributed by atoms with Crippen molar-refractivity contribution in [3.63, 3.8) is 0 Å². The molecule has 17 heavy (non-hydrogen) atoms. The molecule has 1 unspecified atom stereocenters. The van der Waals surface area contributed by atoms with Crippen LogP contribution in [-0.4, -0.2) is 4.98 Å². The minimum atomic E-state index is -0.0796. The number of hydrogen-bond donors (Lipinski definition) is 0. The van der Waals surface area contributed by atoms with E-state index in [0.717, 1.165) is 16.5 Å². The summed E-state index contributed by atoms with van der Waals surface area (Å²) in [6.45, 7) is 0. The first-order chi connectivity index (χ1) is 8.16. The van der Waals surface area contributed by atoms with E-state index >= 15 is 0 Å². The van der Waals surface area contributed by atoms with E-state index in [1.54, 1.807) is 12.4 Å². The predicted octanol–water partition coefficient (Wildman–Crippen LogP) is 5.02. The van der Waals surface area contributed by atoms with Crippen molar-refractivity contribution in [2.45, 2.75) is 11.8 Å². The maximum Gasteiger partial charge on any atom is 0.0636 e. The first-order valence-corrected chi connectivity index (χ1v) is 6.75. The zero-order valence-electron chi connectivity index (χ0n) is 8.91. The average molecular weight is 331 g/mol. The smallest absolute Gasteiger partial charge is 0.0636 e. The Balaban J connectivity index is 2.17. The number of benzene rings is 1. The van der Waals surface area contributed by atoms with Gasteiger partial charge in [0, 0.05) is 21.9 Å². The van der Waals surface area contributed by atoms with Crippen LogP contribution in [0.25, 0.3) is 0 Å². The highest BCUT2D eigenvalue weighted by atomic mass is 79.9. The summed E-state index contributed by atoms with van der Waals surface area (Å²) in [6.07, 6.45) is 4.32. The predicted molar refractivity (Wildman–Crippen MR) is 75.7 cm³/mol.